The Labute approximate surface area is 85.3 Å². The van der Waals surface area contributed by atoms with E-state index in [-0.39, 0.29) is 5.57 Å². The molecule has 0 aromatic rings. The third-order valence-corrected chi connectivity index (χ3v) is 1.84. The van der Waals surface area contributed by atoms with E-state index in [1.54, 1.807) is 0 Å². The molecule has 1 aliphatic carbocycles. The Morgan fingerprint density at radius 1 is 1.64 bits per heavy atom. The standard InChI is InChI=1S/C8H10.C4H6O2/c1-2-8-6-4-3-5-7-8;1-3(2)4(5)6/h1,6H,3-5,7H2;1H2,2H3,(H,5,6). The first-order valence-electron chi connectivity index (χ1n) is 4.62. The minimum Gasteiger partial charge on any atom is -0.478 e. The van der Waals surface area contributed by atoms with Crippen molar-refractivity contribution >= 4 is 5.97 Å². The number of allylic oxidation sites excluding steroid dienone is 2. The van der Waals surface area contributed by atoms with Crippen LogP contribution >= 0.6 is 0 Å². The summed E-state index contributed by atoms with van der Waals surface area (Å²) in [6.45, 7) is 4.60. The van der Waals surface area contributed by atoms with Crippen LogP contribution in [0.25, 0.3) is 0 Å². The molecule has 0 aromatic heterocycles. The zero-order valence-electron chi connectivity index (χ0n) is 8.55. The molecule has 0 amide bonds. The van der Waals surface area contributed by atoms with E-state index in [1.807, 2.05) is 0 Å². The largest absolute Gasteiger partial charge is 0.478 e. The molecule has 0 atom stereocenters. The zero-order valence-corrected chi connectivity index (χ0v) is 8.55. The van der Waals surface area contributed by atoms with E-state index in [4.69, 9.17) is 11.5 Å². The average molecular weight is 192 g/mol. The van der Waals surface area contributed by atoms with Crippen LogP contribution in [0.1, 0.15) is 32.6 Å². The summed E-state index contributed by atoms with van der Waals surface area (Å²) < 4.78 is 0. The Bertz CT molecular complexity index is 267. The highest BCUT2D eigenvalue weighted by molar-refractivity contribution is 5.84. The van der Waals surface area contributed by atoms with Gasteiger partial charge in [0.1, 0.15) is 0 Å². The molecule has 1 aliphatic rings. The van der Waals surface area contributed by atoms with E-state index in [9.17, 15) is 4.79 Å². The van der Waals surface area contributed by atoms with Gasteiger partial charge in [0.2, 0.25) is 0 Å². The number of aliphatic carboxylic acids is 1. The van der Waals surface area contributed by atoms with Gasteiger partial charge in [0.05, 0.1) is 0 Å². The predicted molar refractivity (Wildman–Crippen MR) is 57.8 cm³/mol. The Balaban J connectivity index is 0.000000255. The molecule has 2 nitrogen and oxygen atoms in total. The van der Waals surface area contributed by atoms with Crippen LogP contribution in [0.15, 0.2) is 23.8 Å². The van der Waals surface area contributed by atoms with Crippen molar-refractivity contribution in [2.24, 2.45) is 0 Å². The second kappa shape index (κ2) is 6.97. The van der Waals surface area contributed by atoms with Crippen molar-refractivity contribution in [1.29, 1.82) is 0 Å². The maximum absolute atomic E-state index is 9.60. The van der Waals surface area contributed by atoms with Gasteiger partial charge in [0.25, 0.3) is 0 Å². The lowest BCUT2D eigenvalue weighted by atomic mass is 10.0. The van der Waals surface area contributed by atoms with Crippen molar-refractivity contribution < 1.29 is 9.90 Å². The smallest absolute Gasteiger partial charge is 0.330 e. The van der Waals surface area contributed by atoms with Gasteiger partial charge >= 0.3 is 5.97 Å². The SMILES string of the molecule is C#CC1=CCCCC1.C=C(C)C(=O)O. The van der Waals surface area contributed by atoms with Crippen molar-refractivity contribution in [3.05, 3.63) is 23.8 Å². The number of carboxylic acids is 1. The number of hydrogen-bond donors (Lipinski definition) is 1. The monoisotopic (exact) mass is 192 g/mol. The number of carboxylic acid groups (broad SMARTS) is 1. The van der Waals surface area contributed by atoms with Gasteiger partial charge in [-0.3, -0.25) is 0 Å². The van der Waals surface area contributed by atoms with Gasteiger partial charge in [0, 0.05) is 5.57 Å². The molecule has 2 heteroatoms. The molecule has 76 valence electrons. The predicted octanol–water partition coefficient (Wildman–Crippen LogP) is 2.77. The van der Waals surface area contributed by atoms with E-state index < -0.39 is 5.97 Å². The van der Waals surface area contributed by atoms with Gasteiger partial charge in [0.15, 0.2) is 0 Å². The van der Waals surface area contributed by atoms with E-state index in [0.717, 1.165) is 6.42 Å². The quantitative estimate of drug-likeness (QED) is 0.512. The molecule has 0 heterocycles. The van der Waals surface area contributed by atoms with Crippen LogP contribution in [0.5, 0.6) is 0 Å². The maximum Gasteiger partial charge on any atom is 0.330 e. The molecule has 1 rings (SSSR count). The van der Waals surface area contributed by atoms with E-state index >= 15 is 0 Å². The Kier molecular flexibility index (Phi) is 6.22. The Hall–Kier alpha value is -1.49. The molecule has 0 saturated heterocycles. The Morgan fingerprint density at radius 2 is 2.21 bits per heavy atom. The van der Waals surface area contributed by atoms with E-state index in [1.165, 1.54) is 31.8 Å². The van der Waals surface area contributed by atoms with Gasteiger partial charge < -0.3 is 5.11 Å². The van der Waals surface area contributed by atoms with Crippen molar-refractivity contribution in [2.45, 2.75) is 32.6 Å². The van der Waals surface area contributed by atoms with Gasteiger partial charge in [-0.1, -0.05) is 18.6 Å². The zero-order chi connectivity index (χ0) is 11.0. The second-order valence-electron chi connectivity index (χ2n) is 3.20. The van der Waals surface area contributed by atoms with Crippen LogP contribution in [-0.2, 0) is 4.79 Å². The molecular formula is C12H16O2. The van der Waals surface area contributed by atoms with Crippen LogP contribution in [0.2, 0.25) is 0 Å². The average Bonchev–Trinajstić information content (AvgIpc) is 2.20. The molecule has 0 radical (unpaired) electrons. The number of terminal acetylenes is 1. The lowest BCUT2D eigenvalue weighted by Crippen LogP contribution is -1.92. The van der Waals surface area contributed by atoms with Crippen LogP contribution in [0.3, 0.4) is 0 Å². The van der Waals surface area contributed by atoms with Crippen molar-refractivity contribution in [3.63, 3.8) is 0 Å². The summed E-state index contributed by atoms with van der Waals surface area (Å²) in [7, 11) is 0. The molecular weight excluding hydrogens is 176 g/mol. The fourth-order valence-electron chi connectivity index (χ4n) is 0.969. The topological polar surface area (TPSA) is 37.3 Å². The van der Waals surface area contributed by atoms with E-state index in [2.05, 4.69) is 18.6 Å². The molecule has 0 aliphatic heterocycles. The molecule has 1 N–H and O–H groups in total. The van der Waals surface area contributed by atoms with Crippen LogP contribution < -0.4 is 0 Å². The van der Waals surface area contributed by atoms with Crippen LogP contribution in [-0.4, -0.2) is 11.1 Å². The van der Waals surface area contributed by atoms with Gasteiger partial charge in [-0.05, 0) is 38.2 Å². The number of hydrogen-bond acceptors (Lipinski definition) is 1. The first-order valence-corrected chi connectivity index (χ1v) is 4.62. The summed E-state index contributed by atoms with van der Waals surface area (Å²) in [5.41, 5.74) is 1.38. The van der Waals surface area contributed by atoms with Crippen molar-refractivity contribution in [3.8, 4) is 12.3 Å². The van der Waals surface area contributed by atoms with Gasteiger partial charge in [-0.2, -0.15) is 0 Å². The molecule has 0 fully saturated rings. The molecule has 0 spiro atoms. The number of carbonyl (C=O) groups is 1. The second-order valence-corrected chi connectivity index (χ2v) is 3.20. The van der Waals surface area contributed by atoms with Crippen LogP contribution in [0, 0.1) is 12.3 Å². The minimum absolute atomic E-state index is 0.176. The summed E-state index contributed by atoms with van der Waals surface area (Å²) in [6.07, 6.45) is 12.3. The molecule has 0 bridgehead atoms. The summed E-state index contributed by atoms with van der Waals surface area (Å²) in [5, 5.41) is 7.89. The highest BCUT2D eigenvalue weighted by Crippen LogP contribution is 2.15. The molecule has 14 heavy (non-hydrogen) atoms. The lowest BCUT2D eigenvalue weighted by Gasteiger charge is -2.04. The summed E-state index contributed by atoms with van der Waals surface area (Å²) in [6, 6.07) is 0. The summed E-state index contributed by atoms with van der Waals surface area (Å²) in [4.78, 5) is 9.60. The van der Waals surface area contributed by atoms with E-state index in [0.29, 0.717) is 0 Å². The number of rotatable bonds is 1. The van der Waals surface area contributed by atoms with Gasteiger partial charge in [-0.15, -0.1) is 6.42 Å². The molecule has 0 aromatic carbocycles. The summed E-state index contributed by atoms with van der Waals surface area (Å²) in [5.74, 6) is 1.73. The fraction of sp³-hybridized carbons (Fsp3) is 0.417. The highest BCUT2D eigenvalue weighted by atomic mass is 16.4. The normalized spacial score (nSPS) is 14.1. The maximum atomic E-state index is 9.60. The first kappa shape index (κ1) is 12.5. The van der Waals surface area contributed by atoms with Crippen molar-refractivity contribution in [2.75, 3.05) is 0 Å². The first-order chi connectivity index (χ1) is 6.57. The lowest BCUT2D eigenvalue weighted by molar-refractivity contribution is -0.132. The van der Waals surface area contributed by atoms with Crippen molar-refractivity contribution in [1.82, 2.24) is 0 Å². The van der Waals surface area contributed by atoms with Gasteiger partial charge in [-0.25, -0.2) is 4.79 Å². The van der Waals surface area contributed by atoms with Crippen LogP contribution in [0.4, 0.5) is 0 Å². The third kappa shape index (κ3) is 6.07. The minimum atomic E-state index is -0.935. The Morgan fingerprint density at radius 3 is 2.43 bits per heavy atom. The molecule has 0 unspecified atom stereocenters. The third-order valence-electron chi connectivity index (χ3n) is 1.84. The fourth-order valence-corrected chi connectivity index (χ4v) is 0.969. The summed E-state index contributed by atoms with van der Waals surface area (Å²) >= 11 is 0. The molecule has 0 saturated carbocycles. The highest BCUT2D eigenvalue weighted by Gasteiger charge is 1.97.